The molecule has 0 aliphatic heterocycles. The van der Waals surface area contributed by atoms with E-state index < -0.39 is 34.5 Å². The fraction of sp³-hybridized carbons (Fsp3) is 0.483. The summed E-state index contributed by atoms with van der Waals surface area (Å²) in [5.74, 6) is -0.809. The van der Waals surface area contributed by atoms with Gasteiger partial charge in [0, 0.05) is 11.8 Å². The van der Waals surface area contributed by atoms with Crippen molar-refractivity contribution >= 4 is 17.9 Å². The van der Waals surface area contributed by atoms with Gasteiger partial charge in [0.2, 0.25) is 0 Å². The third-order valence-corrected chi connectivity index (χ3v) is 5.38. The number of carbonyl (C=O) groups is 3. The zero-order valence-electron chi connectivity index (χ0n) is 22.8. The van der Waals surface area contributed by atoms with Crippen LogP contribution in [0.2, 0.25) is 0 Å². The van der Waals surface area contributed by atoms with Crippen molar-refractivity contribution in [3.8, 4) is 11.5 Å². The Bertz CT molecular complexity index is 982. The van der Waals surface area contributed by atoms with Gasteiger partial charge in [-0.3, -0.25) is 4.79 Å². The SMILES string of the molecule is CC(C)(C)OC(=O)COc1ccc(C(C)(CCC(=O)O)c2ccc(OCC(=O)OC(C)(C)C)cc2)cc1. The summed E-state index contributed by atoms with van der Waals surface area (Å²) in [5, 5.41) is 9.34. The van der Waals surface area contributed by atoms with E-state index in [2.05, 4.69) is 0 Å². The van der Waals surface area contributed by atoms with E-state index >= 15 is 0 Å². The molecular weight excluding hydrogens is 476 g/mol. The lowest BCUT2D eigenvalue weighted by atomic mass is 9.73. The average Bonchev–Trinajstić information content (AvgIpc) is 2.78. The predicted octanol–water partition coefficient (Wildman–Crippen LogP) is 5.30. The first-order valence-electron chi connectivity index (χ1n) is 12.2. The Morgan fingerprint density at radius 2 is 1.00 bits per heavy atom. The lowest BCUT2D eigenvalue weighted by molar-refractivity contribution is -0.158. The minimum Gasteiger partial charge on any atom is -0.482 e. The maximum atomic E-state index is 11.9. The molecule has 0 aliphatic rings. The second kappa shape index (κ2) is 12.1. The highest BCUT2D eigenvalue weighted by atomic mass is 16.6. The highest BCUT2D eigenvalue weighted by Gasteiger charge is 2.30. The van der Waals surface area contributed by atoms with E-state index in [1.807, 2.05) is 31.2 Å². The lowest BCUT2D eigenvalue weighted by Gasteiger charge is -2.31. The molecule has 0 aromatic heterocycles. The van der Waals surface area contributed by atoms with Crippen molar-refractivity contribution in [3.05, 3.63) is 59.7 Å². The molecule has 0 bridgehead atoms. The molecule has 37 heavy (non-hydrogen) atoms. The molecule has 0 heterocycles. The van der Waals surface area contributed by atoms with Gasteiger partial charge in [0.1, 0.15) is 22.7 Å². The summed E-state index contributed by atoms with van der Waals surface area (Å²) in [5.41, 5.74) is -0.0214. The number of benzene rings is 2. The Morgan fingerprint density at radius 3 is 1.30 bits per heavy atom. The van der Waals surface area contributed by atoms with Gasteiger partial charge in [-0.05, 0) is 83.4 Å². The molecule has 2 aromatic carbocycles. The van der Waals surface area contributed by atoms with Gasteiger partial charge >= 0.3 is 17.9 Å². The number of carboxylic acid groups (broad SMARTS) is 1. The first-order chi connectivity index (χ1) is 17.1. The monoisotopic (exact) mass is 514 g/mol. The van der Waals surface area contributed by atoms with E-state index in [-0.39, 0.29) is 19.6 Å². The summed E-state index contributed by atoms with van der Waals surface area (Å²) in [6.07, 6.45) is 0.336. The van der Waals surface area contributed by atoms with Crippen LogP contribution in [0.4, 0.5) is 0 Å². The molecule has 8 nitrogen and oxygen atoms in total. The van der Waals surface area contributed by atoms with Gasteiger partial charge in [0.15, 0.2) is 13.2 Å². The minimum absolute atomic E-state index is 0.0235. The molecule has 2 rings (SSSR count). The third kappa shape index (κ3) is 10.1. The summed E-state index contributed by atoms with van der Waals surface area (Å²) in [6, 6.07) is 14.4. The van der Waals surface area contributed by atoms with Crippen molar-refractivity contribution in [3.63, 3.8) is 0 Å². The molecule has 0 amide bonds. The molecule has 0 saturated heterocycles. The van der Waals surface area contributed by atoms with Crippen LogP contribution in [0.5, 0.6) is 11.5 Å². The molecule has 0 atom stereocenters. The van der Waals surface area contributed by atoms with Crippen LogP contribution in [0.25, 0.3) is 0 Å². The van der Waals surface area contributed by atoms with Crippen molar-refractivity contribution in [1.82, 2.24) is 0 Å². The lowest BCUT2D eigenvalue weighted by Crippen LogP contribution is -2.27. The Labute approximate surface area is 218 Å². The van der Waals surface area contributed by atoms with Gasteiger partial charge in [0.25, 0.3) is 0 Å². The first-order valence-corrected chi connectivity index (χ1v) is 12.2. The van der Waals surface area contributed by atoms with Crippen molar-refractivity contribution in [2.75, 3.05) is 13.2 Å². The summed E-state index contributed by atoms with van der Waals surface area (Å²) in [7, 11) is 0. The van der Waals surface area contributed by atoms with Gasteiger partial charge in [-0.25, -0.2) is 9.59 Å². The third-order valence-electron chi connectivity index (χ3n) is 5.38. The van der Waals surface area contributed by atoms with Crippen LogP contribution in [0.3, 0.4) is 0 Å². The number of hydrogen-bond acceptors (Lipinski definition) is 7. The molecule has 1 N–H and O–H groups in total. The van der Waals surface area contributed by atoms with Crippen LogP contribution in [0.15, 0.2) is 48.5 Å². The largest absolute Gasteiger partial charge is 0.482 e. The molecule has 0 radical (unpaired) electrons. The Balaban J connectivity index is 2.15. The summed E-state index contributed by atoms with van der Waals surface area (Å²) in [4.78, 5) is 35.2. The summed E-state index contributed by atoms with van der Waals surface area (Å²) >= 11 is 0. The van der Waals surface area contributed by atoms with E-state index in [1.54, 1.807) is 65.8 Å². The quantitative estimate of drug-likeness (QED) is 0.403. The van der Waals surface area contributed by atoms with Crippen molar-refractivity contribution in [2.24, 2.45) is 0 Å². The first kappa shape index (κ1) is 29.7. The number of carboxylic acids is 1. The predicted molar refractivity (Wildman–Crippen MR) is 139 cm³/mol. The fourth-order valence-corrected chi connectivity index (χ4v) is 3.68. The zero-order valence-corrected chi connectivity index (χ0v) is 22.8. The molecule has 202 valence electrons. The van der Waals surface area contributed by atoms with Crippen LogP contribution in [-0.2, 0) is 29.3 Å². The molecular formula is C29H38O8. The molecule has 0 unspecified atom stereocenters. The van der Waals surface area contributed by atoms with E-state index in [9.17, 15) is 19.5 Å². The average molecular weight is 515 g/mol. The number of carbonyl (C=O) groups excluding carboxylic acids is 2. The zero-order chi connectivity index (χ0) is 27.9. The molecule has 0 fully saturated rings. The van der Waals surface area contributed by atoms with Crippen LogP contribution in [0.1, 0.15) is 72.4 Å². The van der Waals surface area contributed by atoms with Crippen LogP contribution in [-0.4, -0.2) is 47.4 Å². The molecule has 0 spiro atoms. The van der Waals surface area contributed by atoms with E-state index in [0.717, 1.165) is 11.1 Å². The minimum atomic E-state index is -0.888. The maximum Gasteiger partial charge on any atom is 0.344 e. The molecule has 2 aromatic rings. The van der Waals surface area contributed by atoms with Gasteiger partial charge in [-0.1, -0.05) is 31.2 Å². The smallest absolute Gasteiger partial charge is 0.344 e. The number of hydrogen-bond donors (Lipinski definition) is 1. The summed E-state index contributed by atoms with van der Waals surface area (Å²) in [6.45, 7) is 12.3. The Kier molecular flexibility index (Phi) is 9.73. The highest BCUT2D eigenvalue weighted by molar-refractivity contribution is 5.72. The number of ether oxygens (including phenoxy) is 4. The summed E-state index contributed by atoms with van der Waals surface area (Å²) < 4.78 is 21.6. The van der Waals surface area contributed by atoms with Gasteiger partial charge in [0.05, 0.1) is 0 Å². The normalized spacial score (nSPS) is 12.0. The fourth-order valence-electron chi connectivity index (χ4n) is 3.68. The molecule has 0 saturated carbocycles. The molecule has 0 aliphatic carbocycles. The standard InChI is InChI=1S/C29H38O8/c1-27(2,3)36-25(32)18-34-22-12-8-20(9-13-22)29(7,17-16-24(30)31)21-10-14-23(15-11-21)35-19-26(33)37-28(4,5)6/h8-15H,16-19H2,1-7H3,(H,30,31). The topological polar surface area (TPSA) is 108 Å². The number of esters is 2. The second-order valence-corrected chi connectivity index (χ2v) is 11.0. The number of aliphatic carboxylic acids is 1. The second-order valence-electron chi connectivity index (χ2n) is 11.0. The van der Waals surface area contributed by atoms with E-state index in [1.165, 1.54) is 0 Å². The van der Waals surface area contributed by atoms with Crippen LogP contribution in [0, 0.1) is 0 Å². The van der Waals surface area contributed by atoms with Crippen molar-refractivity contribution in [1.29, 1.82) is 0 Å². The van der Waals surface area contributed by atoms with Crippen LogP contribution < -0.4 is 9.47 Å². The van der Waals surface area contributed by atoms with Gasteiger partial charge in [-0.2, -0.15) is 0 Å². The van der Waals surface area contributed by atoms with E-state index in [0.29, 0.717) is 17.9 Å². The van der Waals surface area contributed by atoms with Gasteiger partial charge in [-0.15, -0.1) is 0 Å². The number of rotatable bonds is 11. The Morgan fingerprint density at radius 1 is 0.649 bits per heavy atom. The highest BCUT2D eigenvalue weighted by Crippen LogP contribution is 2.38. The maximum absolute atomic E-state index is 11.9. The Hall–Kier alpha value is -3.55. The van der Waals surface area contributed by atoms with Gasteiger partial charge < -0.3 is 24.1 Å². The molecule has 8 heteroatoms. The van der Waals surface area contributed by atoms with Crippen molar-refractivity contribution in [2.45, 2.75) is 77.9 Å². The van der Waals surface area contributed by atoms with Crippen molar-refractivity contribution < 1.29 is 38.4 Å². The van der Waals surface area contributed by atoms with Crippen LogP contribution >= 0.6 is 0 Å². The van der Waals surface area contributed by atoms with E-state index in [4.69, 9.17) is 18.9 Å².